The van der Waals surface area contributed by atoms with Gasteiger partial charge in [0.25, 0.3) is 0 Å². The van der Waals surface area contributed by atoms with E-state index in [9.17, 15) is 13.2 Å². The highest BCUT2D eigenvalue weighted by Gasteiger charge is 2.33. The summed E-state index contributed by atoms with van der Waals surface area (Å²) >= 11 is 1.62. The Bertz CT molecular complexity index is 769. The minimum atomic E-state index is -3.73. The Labute approximate surface area is 179 Å². The van der Waals surface area contributed by atoms with Gasteiger partial charge >= 0.3 is 0 Å². The number of carbonyl (C=O) groups excluding carboxylic acids is 1. The van der Waals surface area contributed by atoms with Crippen molar-refractivity contribution >= 4 is 27.7 Å². The van der Waals surface area contributed by atoms with Gasteiger partial charge in [0.05, 0.1) is 4.90 Å². The molecule has 1 unspecified atom stereocenters. The van der Waals surface area contributed by atoms with Crippen molar-refractivity contribution in [1.29, 1.82) is 0 Å². The number of likely N-dealkylation sites (tertiary alicyclic amines) is 2. The number of thioether (sulfide) groups is 1. The second-order valence-corrected chi connectivity index (χ2v) is 10.8. The molecule has 0 radical (unpaired) electrons. The topological polar surface area (TPSA) is 69.7 Å². The van der Waals surface area contributed by atoms with E-state index in [0.717, 1.165) is 24.2 Å². The molecule has 0 aromatic heterocycles. The molecule has 0 saturated carbocycles. The zero-order chi connectivity index (χ0) is 20.9. The van der Waals surface area contributed by atoms with Crippen molar-refractivity contribution in [1.82, 2.24) is 14.5 Å². The number of rotatable bonds is 8. The molecule has 0 aliphatic carbocycles. The van der Waals surface area contributed by atoms with Crippen LogP contribution in [0.25, 0.3) is 0 Å². The van der Waals surface area contributed by atoms with Gasteiger partial charge in [0.15, 0.2) is 0 Å². The average molecular weight is 440 g/mol. The fourth-order valence-electron chi connectivity index (χ4n) is 4.22. The summed E-state index contributed by atoms with van der Waals surface area (Å²) in [6, 6.07) is 6.59. The summed E-state index contributed by atoms with van der Waals surface area (Å²) in [5, 5.41) is 0. The molecule has 1 atom stereocenters. The molecule has 6 nitrogen and oxygen atoms in total. The number of aryl methyl sites for hydroxylation is 1. The van der Waals surface area contributed by atoms with E-state index < -0.39 is 16.1 Å². The van der Waals surface area contributed by atoms with E-state index in [-0.39, 0.29) is 10.8 Å². The van der Waals surface area contributed by atoms with Gasteiger partial charge in [-0.3, -0.25) is 4.79 Å². The van der Waals surface area contributed by atoms with Gasteiger partial charge in [0, 0.05) is 19.1 Å². The third-order valence-corrected chi connectivity index (χ3v) is 8.10. The Morgan fingerprint density at radius 1 is 1.14 bits per heavy atom. The van der Waals surface area contributed by atoms with Gasteiger partial charge < -0.3 is 9.80 Å². The zero-order valence-corrected chi connectivity index (χ0v) is 19.1. The van der Waals surface area contributed by atoms with Crippen LogP contribution in [-0.2, 0) is 14.8 Å². The number of carbonyl (C=O) groups is 1. The molecule has 0 bridgehead atoms. The van der Waals surface area contributed by atoms with Gasteiger partial charge in [-0.25, -0.2) is 8.42 Å². The first-order valence-corrected chi connectivity index (χ1v) is 13.4. The molecule has 1 N–H and O–H groups in total. The van der Waals surface area contributed by atoms with Gasteiger partial charge in [0.1, 0.15) is 6.04 Å². The fraction of sp³-hybridized carbons (Fsp3) is 0.667. The van der Waals surface area contributed by atoms with E-state index in [0.29, 0.717) is 25.6 Å². The molecule has 2 aliphatic heterocycles. The van der Waals surface area contributed by atoms with E-state index in [4.69, 9.17) is 0 Å². The Hall–Kier alpha value is -1.09. The van der Waals surface area contributed by atoms with Gasteiger partial charge in [0.2, 0.25) is 15.9 Å². The lowest BCUT2D eigenvalue weighted by atomic mass is 10.0. The molecule has 2 saturated heterocycles. The van der Waals surface area contributed by atoms with Crippen LogP contribution in [0.1, 0.15) is 37.7 Å². The van der Waals surface area contributed by atoms with Crippen molar-refractivity contribution < 1.29 is 13.2 Å². The van der Waals surface area contributed by atoms with E-state index in [1.807, 2.05) is 18.1 Å². The number of nitrogens with zero attached hydrogens (tertiary/aromatic N) is 2. The molecule has 1 aromatic rings. The van der Waals surface area contributed by atoms with Gasteiger partial charge in [-0.1, -0.05) is 17.7 Å². The van der Waals surface area contributed by atoms with Crippen molar-refractivity contribution in [3.63, 3.8) is 0 Å². The summed E-state index contributed by atoms with van der Waals surface area (Å²) in [5.74, 6) is 0.645. The van der Waals surface area contributed by atoms with Crippen LogP contribution in [0.3, 0.4) is 0 Å². The predicted octanol–water partition coefficient (Wildman–Crippen LogP) is 2.48. The number of sulfonamides is 1. The smallest absolute Gasteiger partial charge is 0.241 e. The molecule has 2 fully saturated rings. The molecule has 29 heavy (non-hydrogen) atoms. The van der Waals surface area contributed by atoms with Crippen LogP contribution in [0.5, 0.6) is 0 Å². The van der Waals surface area contributed by atoms with E-state index >= 15 is 0 Å². The van der Waals surface area contributed by atoms with Crippen LogP contribution in [0.2, 0.25) is 0 Å². The number of benzene rings is 1. The van der Waals surface area contributed by atoms with E-state index in [1.165, 1.54) is 25.9 Å². The highest BCUT2D eigenvalue weighted by atomic mass is 32.2. The lowest BCUT2D eigenvalue weighted by Crippen LogP contribution is -2.53. The summed E-state index contributed by atoms with van der Waals surface area (Å²) in [4.78, 5) is 17.8. The molecule has 162 valence electrons. The minimum absolute atomic E-state index is 0.0883. The largest absolute Gasteiger partial charge is 0.341 e. The Morgan fingerprint density at radius 2 is 1.76 bits per heavy atom. The standard InChI is InChI=1S/C21H33N3O3S2/c1-17-5-7-19(8-6-17)29(26,27)22-20(11-16-28-2)21(25)24-14-9-18(10-15-24)23-12-3-4-13-23/h5-8,18,20,22H,3-4,9-16H2,1-2H3. The monoisotopic (exact) mass is 439 g/mol. The first kappa shape index (κ1) is 22.6. The van der Waals surface area contributed by atoms with Crippen LogP contribution in [0.15, 0.2) is 29.2 Å². The quantitative estimate of drug-likeness (QED) is 0.674. The molecule has 1 aromatic carbocycles. The van der Waals surface area contributed by atoms with Crippen LogP contribution < -0.4 is 4.72 Å². The lowest BCUT2D eigenvalue weighted by Gasteiger charge is -2.38. The molecule has 0 spiro atoms. The molecule has 1 amide bonds. The van der Waals surface area contributed by atoms with Gasteiger partial charge in [-0.15, -0.1) is 0 Å². The summed E-state index contributed by atoms with van der Waals surface area (Å²) in [5.41, 5.74) is 1.000. The molecule has 2 aliphatic rings. The van der Waals surface area contributed by atoms with Crippen LogP contribution in [0.4, 0.5) is 0 Å². The first-order chi connectivity index (χ1) is 13.9. The van der Waals surface area contributed by atoms with Crippen molar-refractivity contribution in [2.24, 2.45) is 0 Å². The van der Waals surface area contributed by atoms with E-state index in [2.05, 4.69) is 9.62 Å². The Balaban J connectivity index is 1.64. The van der Waals surface area contributed by atoms with Gasteiger partial charge in [-0.2, -0.15) is 16.5 Å². The maximum absolute atomic E-state index is 13.2. The Kier molecular flexibility index (Phi) is 8.01. The van der Waals surface area contributed by atoms with E-state index in [1.54, 1.807) is 36.0 Å². The third kappa shape index (κ3) is 5.96. The summed E-state index contributed by atoms with van der Waals surface area (Å²) in [6.07, 6.45) is 6.97. The molecule has 3 rings (SSSR count). The van der Waals surface area contributed by atoms with Crippen LogP contribution in [0, 0.1) is 6.92 Å². The predicted molar refractivity (Wildman–Crippen MR) is 119 cm³/mol. The van der Waals surface area contributed by atoms with Crippen molar-refractivity contribution in [2.75, 3.05) is 38.2 Å². The first-order valence-electron chi connectivity index (χ1n) is 10.5. The Morgan fingerprint density at radius 3 is 2.34 bits per heavy atom. The summed E-state index contributed by atoms with van der Waals surface area (Å²) in [6.45, 7) is 5.68. The molecular weight excluding hydrogens is 406 g/mol. The van der Waals surface area contributed by atoms with Crippen LogP contribution in [-0.4, -0.2) is 74.4 Å². The number of nitrogens with one attached hydrogen (secondary N) is 1. The van der Waals surface area contributed by atoms with Crippen molar-refractivity contribution in [3.05, 3.63) is 29.8 Å². The molecular formula is C21H33N3O3S2. The zero-order valence-electron chi connectivity index (χ0n) is 17.5. The average Bonchev–Trinajstić information content (AvgIpc) is 3.26. The lowest BCUT2D eigenvalue weighted by molar-refractivity contribution is -0.134. The minimum Gasteiger partial charge on any atom is -0.341 e. The fourth-order valence-corrected chi connectivity index (χ4v) is 5.91. The highest BCUT2D eigenvalue weighted by Crippen LogP contribution is 2.22. The molecule has 2 heterocycles. The number of piperidine rings is 1. The highest BCUT2D eigenvalue weighted by molar-refractivity contribution is 7.98. The van der Waals surface area contributed by atoms with Crippen molar-refractivity contribution in [2.45, 2.75) is 56.0 Å². The van der Waals surface area contributed by atoms with Crippen LogP contribution >= 0.6 is 11.8 Å². The maximum Gasteiger partial charge on any atom is 0.241 e. The van der Waals surface area contributed by atoms with Crippen molar-refractivity contribution in [3.8, 4) is 0 Å². The number of amides is 1. The van der Waals surface area contributed by atoms with Gasteiger partial charge in [-0.05, 0) is 76.3 Å². The number of hydrogen-bond donors (Lipinski definition) is 1. The summed E-state index contributed by atoms with van der Waals surface area (Å²) < 4.78 is 28.4. The maximum atomic E-state index is 13.2. The molecule has 8 heteroatoms. The third-order valence-electron chi connectivity index (χ3n) is 5.97. The summed E-state index contributed by atoms with van der Waals surface area (Å²) in [7, 11) is -3.73. The number of hydrogen-bond acceptors (Lipinski definition) is 5. The second kappa shape index (κ2) is 10.3. The SMILES string of the molecule is CSCCC(NS(=O)(=O)c1ccc(C)cc1)C(=O)N1CCC(N2CCCC2)CC1. The second-order valence-electron chi connectivity index (χ2n) is 8.07. The normalized spacial score (nSPS) is 20.1.